The van der Waals surface area contributed by atoms with Gasteiger partial charge in [-0.2, -0.15) is 0 Å². The Bertz CT molecular complexity index is 312. The fraction of sp³-hybridized carbons (Fsp3) is 0.929. The van der Waals surface area contributed by atoms with E-state index in [9.17, 15) is 4.79 Å². The Labute approximate surface area is 115 Å². The van der Waals surface area contributed by atoms with E-state index in [0.29, 0.717) is 18.5 Å². The van der Waals surface area contributed by atoms with Crippen LogP contribution in [0.2, 0.25) is 0 Å². The van der Waals surface area contributed by atoms with Gasteiger partial charge in [0, 0.05) is 32.2 Å². The van der Waals surface area contributed by atoms with Crippen LogP contribution in [0.4, 0.5) is 0 Å². The van der Waals surface area contributed by atoms with Crippen molar-refractivity contribution in [3.8, 4) is 0 Å². The quantitative estimate of drug-likeness (QED) is 0.722. The molecule has 3 heterocycles. The predicted octanol–water partition coefficient (Wildman–Crippen LogP) is 0.0153. The smallest absolute Gasteiger partial charge is 0.236 e. The van der Waals surface area contributed by atoms with E-state index in [1.54, 1.807) is 0 Å². The normalized spacial score (nSPS) is 30.1. The molecule has 0 saturated carbocycles. The van der Waals surface area contributed by atoms with E-state index in [1.807, 2.05) is 0 Å². The van der Waals surface area contributed by atoms with E-state index in [-0.39, 0.29) is 0 Å². The van der Waals surface area contributed by atoms with Crippen LogP contribution >= 0.6 is 0 Å². The van der Waals surface area contributed by atoms with Crippen molar-refractivity contribution in [3.63, 3.8) is 0 Å². The summed E-state index contributed by atoms with van der Waals surface area (Å²) in [6, 6.07) is 0.621. The van der Waals surface area contributed by atoms with Crippen molar-refractivity contribution in [2.24, 2.45) is 0 Å². The third-order valence-corrected chi connectivity index (χ3v) is 4.64. The second-order valence-corrected chi connectivity index (χ2v) is 5.91. The minimum atomic E-state index is 0.309. The van der Waals surface area contributed by atoms with E-state index in [1.165, 1.54) is 25.9 Å². The van der Waals surface area contributed by atoms with Gasteiger partial charge in [-0.25, -0.2) is 0 Å². The molecule has 0 aromatic rings. The molecule has 1 amide bonds. The van der Waals surface area contributed by atoms with Crippen LogP contribution in [0.3, 0.4) is 0 Å². The Morgan fingerprint density at radius 3 is 2.53 bits per heavy atom. The zero-order valence-electron chi connectivity index (χ0n) is 11.7. The molecular weight excluding hydrogens is 242 g/mol. The van der Waals surface area contributed by atoms with Crippen molar-refractivity contribution < 1.29 is 9.53 Å². The molecule has 0 aromatic heterocycles. The molecule has 0 radical (unpaired) electrons. The number of ether oxygens (including phenoxy) is 1. The number of hydrogen-bond acceptors (Lipinski definition) is 4. The Hall–Kier alpha value is -0.650. The minimum Gasteiger partial charge on any atom is -0.379 e. The largest absolute Gasteiger partial charge is 0.379 e. The summed E-state index contributed by atoms with van der Waals surface area (Å²) < 4.78 is 5.32. The number of morpholine rings is 1. The molecule has 19 heavy (non-hydrogen) atoms. The number of hydrogen-bond donors (Lipinski definition) is 0. The minimum absolute atomic E-state index is 0.309. The van der Waals surface area contributed by atoms with Crippen LogP contribution in [0.25, 0.3) is 0 Å². The van der Waals surface area contributed by atoms with E-state index < -0.39 is 0 Å². The van der Waals surface area contributed by atoms with Gasteiger partial charge in [0.25, 0.3) is 0 Å². The van der Waals surface area contributed by atoms with Crippen LogP contribution in [0.15, 0.2) is 0 Å². The summed E-state index contributed by atoms with van der Waals surface area (Å²) >= 11 is 0. The van der Waals surface area contributed by atoms with Crippen LogP contribution in [0.1, 0.15) is 19.3 Å². The average Bonchev–Trinajstić information content (AvgIpc) is 3.11. The molecule has 1 unspecified atom stereocenters. The summed E-state index contributed by atoms with van der Waals surface area (Å²) in [5.41, 5.74) is 0. The van der Waals surface area contributed by atoms with Gasteiger partial charge >= 0.3 is 0 Å². The number of rotatable bonds is 3. The van der Waals surface area contributed by atoms with Gasteiger partial charge in [-0.15, -0.1) is 0 Å². The fourth-order valence-electron chi connectivity index (χ4n) is 3.42. The lowest BCUT2D eigenvalue weighted by Crippen LogP contribution is -2.45. The van der Waals surface area contributed by atoms with Gasteiger partial charge in [-0.3, -0.25) is 14.6 Å². The summed E-state index contributed by atoms with van der Waals surface area (Å²) in [6.07, 6.45) is 3.82. The lowest BCUT2D eigenvalue weighted by atomic mass is 10.2. The van der Waals surface area contributed by atoms with Crippen molar-refractivity contribution in [2.75, 3.05) is 59.0 Å². The first-order valence-corrected chi connectivity index (χ1v) is 7.65. The van der Waals surface area contributed by atoms with Gasteiger partial charge in [-0.05, 0) is 32.4 Å². The van der Waals surface area contributed by atoms with Gasteiger partial charge in [0.15, 0.2) is 0 Å². The molecule has 5 nitrogen and oxygen atoms in total. The molecule has 3 rings (SSSR count). The van der Waals surface area contributed by atoms with Gasteiger partial charge in [-0.1, -0.05) is 0 Å². The first-order chi connectivity index (χ1) is 9.33. The van der Waals surface area contributed by atoms with Crippen molar-refractivity contribution in [3.05, 3.63) is 0 Å². The van der Waals surface area contributed by atoms with Crippen molar-refractivity contribution in [1.29, 1.82) is 0 Å². The fourth-order valence-corrected chi connectivity index (χ4v) is 3.42. The van der Waals surface area contributed by atoms with Gasteiger partial charge in [0.1, 0.15) is 0 Å². The second-order valence-electron chi connectivity index (χ2n) is 5.91. The summed E-state index contributed by atoms with van der Waals surface area (Å²) in [5.74, 6) is 0.309. The second kappa shape index (κ2) is 6.20. The number of nitrogens with zero attached hydrogens (tertiary/aromatic N) is 3. The zero-order chi connectivity index (χ0) is 13.1. The highest BCUT2D eigenvalue weighted by atomic mass is 16.5. The summed E-state index contributed by atoms with van der Waals surface area (Å²) in [7, 11) is 0. The highest BCUT2D eigenvalue weighted by Gasteiger charge is 2.32. The van der Waals surface area contributed by atoms with Crippen LogP contribution in [0, 0.1) is 0 Å². The number of carbonyl (C=O) groups is 1. The van der Waals surface area contributed by atoms with Crippen LogP contribution in [-0.2, 0) is 9.53 Å². The van der Waals surface area contributed by atoms with Gasteiger partial charge < -0.3 is 9.64 Å². The highest BCUT2D eigenvalue weighted by Crippen LogP contribution is 2.20. The van der Waals surface area contributed by atoms with Crippen molar-refractivity contribution in [2.45, 2.75) is 25.3 Å². The molecule has 0 N–H and O–H groups in total. The third kappa shape index (κ3) is 3.27. The molecule has 108 valence electrons. The van der Waals surface area contributed by atoms with E-state index in [2.05, 4.69) is 14.7 Å². The molecule has 3 aliphatic rings. The zero-order valence-corrected chi connectivity index (χ0v) is 11.7. The van der Waals surface area contributed by atoms with E-state index >= 15 is 0 Å². The van der Waals surface area contributed by atoms with E-state index in [4.69, 9.17) is 4.74 Å². The first kappa shape index (κ1) is 13.3. The van der Waals surface area contributed by atoms with Crippen LogP contribution < -0.4 is 0 Å². The maximum absolute atomic E-state index is 12.3. The lowest BCUT2D eigenvalue weighted by Gasteiger charge is -2.28. The molecular formula is C14H25N3O2. The average molecular weight is 267 g/mol. The molecule has 0 aliphatic carbocycles. The molecule has 0 spiro atoms. The molecule has 1 atom stereocenters. The number of carbonyl (C=O) groups excluding carboxylic acids is 1. The highest BCUT2D eigenvalue weighted by molar-refractivity contribution is 5.78. The Morgan fingerprint density at radius 1 is 1.05 bits per heavy atom. The molecule has 5 heteroatoms. The van der Waals surface area contributed by atoms with Gasteiger partial charge in [0.05, 0.1) is 19.8 Å². The van der Waals surface area contributed by atoms with Crippen molar-refractivity contribution in [1.82, 2.24) is 14.7 Å². The third-order valence-electron chi connectivity index (χ3n) is 4.64. The first-order valence-electron chi connectivity index (χ1n) is 7.65. The Balaban J connectivity index is 1.45. The maximum Gasteiger partial charge on any atom is 0.236 e. The standard InChI is InChI=1S/C14H25N3O2/c18-14(12-15-7-9-19-10-8-15)17-6-3-13(11-17)16-4-1-2-5-16/h13H,1-12H2. The van der Waals surface area contributed by atoms with Gasteiger partial charge in [0.2, 0.25) is 5.91 Å². The maximum atomic E-state index is 12.3. The molecule has 3 aliphatic heterocycles. The number of likely N-dealkylation sites (tertiary alicyclic amines) is 2. The van der Waals surface area contributed by atoms with Crippen molar-refractivity contribution >= 4 is 5.91 Å². The van der Waals surface area contributed by atoms with Crippen LogP contribution in [0.5, 0.6) is 0 Å². The van der Waals surface area contributed by atoms with Crippen LogP contribution in [-0.4, -0.2) is 85.7 Å². The van der Waals surface area contributed by atoms with E-state index in [0.717, 1.165) is 45.8 Å². The topological polar surface area (TPSA) is 36.0 Å². The SMILES string of the molecule is O=C(CN1CCOCC1)N1CCC(N2CCCC2)C1. The summed E-state index contributed by atoms with van der Waals surface area (Å²) in [6.45, 7) is 8.27. The predicted molar refractivity (Wildman–Crippen MR) is 73.1 cm³/mol. The molecule has 0 aromatic carbocycles. The lowest BCUT2D eigenvalue weighted by molar-refractivity contribution is -0.132. The summed E-state index contributed by atoms with van der Waals surface area (Å²) in [5, 5.41) is 0. The molecule has 3 fully saturated rings. The Kier molecular flexibility index (Phi) is 4.35. The summed E-state index contributed by atoms with van der Waals surface area (Å²) in [4.78, 5) is 19.2. The molecule has 3 saturated heterocycles. The monoisotopic (exact) mass is 267 g/mol. The Morgan fingerprint density at radius 2 is 1.79 bits per heavy atom. The number of amides is 1. The molecule has 0 bridgehead atoms.